The van der Waals surface area contributed by atoms with E-state index >= 15 is 0 Å². The van der Waals surface area contributed by atoms with E-state index in [1.807, 2.05) is 0 Å². The highest BCUT2D eigenvalue weighted by molar-refractivity contribution is 8.03. The maximum absolute atomic E-state index is 9.45. The van der Waals surface area contributed by atoms with Crippen LogP contribution in [0, 0.1) is 0 Å². The first kappa shape index (κ1) is 8.20. The van der Waals surface area contributed by atoms with Gasteiger partial charge in [-0.15, -0.1) is 11.8 Å². The van der Waals surface area contributed by atoms with Crippen LogP contribution in [0.2, 0.25) is 0 Å². The van der Waals surface area contributed by atoms with E-state index in [1.165, 1.54) is 10.7 Å². The summed E-state index contributed by atoms with van der Waals surface area (Å²) in [5.41, 5.74) is 1.28. The lowest BCUT2D eigenvalue weighted by molar-refractivity contribution is 0.160. The number of aliphatic hydroxyl groups excluding tert-OH is 1. The summed E-state index contributed by atoms with van der Waals surface area (Å²) in [6, 6.07) is 0. The maximum Gasteiger partial charge on any atom is 0.0813 e. The second kappa shape index (κ2) is 3.15. The van der Waals surface area contributed by atoms with E-state index in [-0.39, 0.29) is 6.10 Å². The molecule has 1 saturated heterocycles. The molecule has 2 aliphatic heterocycles. The molecule has 66 valence electrons. The summed E-state index contributed by atoms with van der Waals surface area (Å²) < 4.78 is 0. The molecule has 0 aliphatic carbocycles. The van der Waals surface area contributed by atoms with Crippen LogP contribution < -0.4 is 0 Å². The third kappa shape index (κ3) is 1.39. The molecule has 0 radical (unpaired) electrons. The van der Waals surface area contributed by atoms with E-state index in [1.54, 1.807) is 11.8 Å². The molecular weight excluding hydrogens is 170 g/mol. The molecule has 0 aromatic carbocycles. The zero-order chi connectivity index (χ0) is 8.55. The minimum Gasteiger partial charge on any atom is -0.390 e. The van der Waals surface area contributed by atoms with Crippen LogP contribution in [0.1, 0.15) is 13.3 Å². The van der Waals surface area contributed by atoms with Crippen molar-refractivity contribution >= 4 is 11.8 Å². The Labute approximate surface area is 76.9 Å². The largest absolute Gasteiger partial charge is 0.390 e. The van der Waals surface area contributed by atoms with Crippen molar-refractivity contribution in [3.63, 3.8) is 0 Å². The molecule has 1 atom stereocenters. The molecule has 0 saturated carbocycles. The smallest absolute Gasteiger partial charge is 0.0813 e. The molecule has 0 amide bonds. The Balaban J connectivity index is 2.17. The van der Waals surface area contributed by atoms with Gasteiger partial charge < -0.3 is 10.0 Å². The SMILES string of the molecule is CC1=CCC=C2SCC(O)CN12. The number of aliphatic hydroxyl groups is 1. The number of hydrogen-bond acceptors (Lipinski definition) is 3. The number of thioether (sulfide) groups is 1. The highest BCUT2D eigenvalue weighted by atomic mass is 32.2. The van der Waals surface area contributed by atoms with Crippen molar-refractivity contribution in [3.05, 3.63) is 22.9 Å². The van der Waals surface area contributed by atoms with E-state index in [9.17, 15) is 5.11 Å². The van der Waals surface area contributed by atoms with Gasteiger partial charge in [0.25, 0.3) is 0 Å². The maximum atomic E-state index is 9.45. The van der Waals surface area contributed by atoms with Crippen LogP contribution >= 0.6 is 11.8 Å². The van der Waals surface area contributed by atoms with E-state index in [4.69, 9.17) is 0 Å². The fourth-order valence-corrected chi connectivity index (χ4v) is 2.60. The van der Waals surface area contributed by atoms with Crippen molar-refractivity contribution in [1.82, 2.24) is 4.90 Å². The van der Waals surface area contributed by atoms with Gasteiger partial charge in [0.15, 0.2) is 0 Å². The van der Waals surface area contributed by atoms with Crippen molar-refractivity contribution in [3.8, 4) is 0 Å². The van der Waals surface area contributed by atoms with Gasteiger partial charge in [-0.1, -0.05) is 12.2 Å². The molecule has 0 bridgehead atoms. The monoisotopic (exact) mass is 183 g/mol. The first-order valence-electron chi connectivity index (χ1n) is 4.22. The molecule has 2 heterocycles. The molecule has 1 fully saturated rings. The van der Waals surface area contributed by atoms with Crippen molar-refractivity contribution < 1.29 is 5.11 Å². The van der Waals surface area contributed by atoms with Crippen LogP contribution in [0.4, 0.5) is 0 Å². The normalized spacial score (nSPS) is 29.2. The van der Waals surface area contributed by atoms with Crippen molar-refractivity contribution in [2.24, 2.45) is 0 Å². The van der Waals surface area contributed by atoms with E-state index in [2.05, 4.69) is 24.0 Å². The second-order valence-electron chi connectivity index (χ2n) is 3.20. The number of hydrogen-bond donors (Lipinski definition) is 1. The summed E-state index contributed by atoms with van der Waals surface area (Å²) in [5, 5.41) is 10.8. The molecule has 2 nitrogen and oxygen atoms in total. The molecular formula is C9H13NOS. The molecule has 1 unspecified atom stereocenters. The molecule has 3 heteroatoms. The Hall–Kier alpha value is -0.410. The minimum absolute atomic E-state index is 0.173. The standard InChI is InChI=1S/C9H13NOS/c1-7-3-2-4-9-10(7)5-8(11)6-12-9/h3-4,8,11H,2,5-6H2,1H3. The average molecular weight is 183 g/mol. The molecule has 0 aromatic heterocycles. The van der Waals surface area contributed by atoms with E-state index in [0.29, 0.717) is 0 Å². The van der Waals surface area contributed by atoms with E-state index in [0.717, 1.165) is 18.7 Å². The van der Waals surface area contributed by atoms with Gasteiger partial charge in [0, 0.05) is 11.4 Å². The summed E-state index contributed by atoms with van der Waals surface area (Å²) in [7, 11) is 0. The van der Waals surface area contributed by atoms with Gasteiger partial charge in [0.1, 0.15) is 0 Å². The summed E-state index contributed by atoms with van der Waals surface area (Å²) in [6.07, 6.45) is 5.29. The molecule has 0 spiro atoms. The van der Waals surface area contributed by atoms with Crippen LogP contribution in [0.15, 0.2) is 22.9 Å². The van der Waals surface area contributed by atoms with Gasteiger partial charge in [-0.05, 0) is 13.3 Å². The Morgan fingerprint density at radius 2 is 2.42 bits per heavy atom. The number of nitrogens with zero attached hydrogens (tertiary/aromatic N) is 1. The van der Waals surface area contributed by atoms with Crippen molar-refractivity contribution in [2.45, 2.75) is 19.4 Å². The zero-order valence-corrected chi connectivity index (χ0v) is 7.97. The number of allylic oxidation sites excluding steroid dienone is 3. The summed E-state index contributed by atoms with van der Waals surface area (Å²) >= 11 is 1.76. The summed E-state index contributed by atoms with van der Waals surface area (Å²) in [6.45, 7) is 2.87. The van der Waals surface area contributed by atoms with Gasteiger partial charge in [0.05, 0.1) is 17.7 Å². The summed E-state index contributed by atoms with van der Waals surface area (Å²) in [5.74, 6) is 0.843. The molecule has 12 heavy (non-hydrogen) atoms. The predicted molar refractivity (Wildman–Crippen MR) is 51.6 cm³/mol. The first-order valence-corrected chi connectivity index (χ1v) is 5.21. The minimum atomic E-state index is -0.173. The van der Waals surface area contributed by atoms with Crippen LogP contribution in [-0.4, -0.2) is 28.4 Å². The molecule has 0 aromatic rings. The highest BCUT2D eigenvalue weighted by Gasteiger charge is 2.23. The fourth-order valence-electron chi connectivity index (χ4n) is 1.54. The number of rotatable bonds is 0. The van der Waals surface area contributed by atoms with Crippen LogP contribution in [0.5, 0.6) is 0 Å². The van der Waals surface area contributed by atoms with Crippen molar-refractivity contribution in [2.75, 3.05) is 12.3 Å². The van der Waals surface area contributed by atoms with Gasteiger partial charge >= 0.3 is 0 Å². The van der Waals surface area contributed by atoms with Crippen LogP contribution in [-0.2, 0) is 0 Å². The van der Waals surface area contributed by atoms with Crippen LogP contribution in [0.25, 0.3) is 0 Å². The number of fused-ring (bicyclic) bond motifs is 1. The van der Waals surface area contributed by atoms with Gasteiger partial charge in [-0.2, -0.15) is 0 Å². The first-order chi connectivity index (χ1) is 5.77. The Bertz CT molecular complexity index is 247. The lowest BCUT2D eigenvalue weighted by Crippen LogP contribution is -2.36. The van der Waals surface area contributed by atoms with Gasteiger partial charge in [-0.25, -0.2) is 0 Å². The summed E-state index contributed by atoms with van der Waals surface area (Å²) in [4.78, 5) is 2.20. The Kier molecular flexibility index (Phi) is 2.15. The van der Waals surface area contributed by atoms with Gasteiger partial charge in [-0.3, -0.25) is 0 Å². The lowest BCUT2D eigenvalue weighted by Gasteiger charge is -2.36. The molecule has 2 rings (SSSR count). The fraction of sp³-hybridized carbons (Fsp3) is 0.556. The predicted octanol–water partition coefficient (Wildman–Crippen LogP) is 1.54. The van der Waals surface area contributed by atoms with Crippen LogP contribution in [0.3, 0.4) is 0 Å². The third-order valence-corrected chi connectivity index (χ3v) is 3.45. The lowest BCUT2D eigenvalue weighted by atomic mass is 10.2. The van der Waals surface area contributed by atoms with E-state index < -0.39 is 0 Å². The average Bonchev–Trinajstić information content (AvgIpc) is 2.07. The third-order valence-electron chi connectivity index (χ3n) is 2.21. The molecule has 2 aliphatic rings. The Morgan fingerprint density at radius 3 is 3.25 bits per heavy atom. The Morgan fingerprint density at radius 1 is 1.58 bits per heavy atom. The highest BCUT2D eigenvalue weighted by Crippen LogP contribution is 2.32. The quantitative estimate of drug-likeness (QED) is 0.616. The topological polar surface area (TPSA) is 23.5 Å². The molecule has 1 N–H and O–H groups in total. The van der Waals surface area contributed by atoms with Gasteiger partial charge in [0.2, 0.25) is 0 Å². The second-order valence-corrected chi connectivity index (χ2v) is 4.24. The zero-order valence-electron chi connectivity index (χ0n) is 7.16. The van der Waals surface area contributed by atoms with Crippen molar-refractivity contribution in [1.29, 1.82) is 0 Å².